The summed E-state index contributed by atoms with van der Waals surface area (Å²) in [6, 6.07) is 17.4. The molecule has 1 atom stereocenters. The van der Waals surface area contributed by atoms with Gasteiger partial charge in [-0.25, -0.2) is 0 Å². The second-order valence-electron chi connectivity index (χ2n) is 5.36. The molecule has 3 rings (SSSR count). The molecule has 2 aromatic rings. The Morgan fingerprint density at radius 1 is 1.10 bits per heavy atom. The van der Waals surface area contributed by atoms with Gasteiger partial charge in [0.2, 0.25) is 0 Å². The smallest absolute Gasteiger partial charge is 0.124 e. The van der Waals surface area contributed by atoms with Crippen molar-refractivity contribution in [1.82, 2.24) is 5.32 Å². The zero-order valence-electron chi connectivity index (χ0n) is 11.9. The fourth-order valence-electron chi connectivity index (χ4n) is 2.83. The molecule has 0 fully saturated rings. The summed E-state index contributed by atoms with van der Waals surface area (Å²) in [5.41, 5.74) is 4.10. The lowest BCUT2D eigenvalue weighted by Gasteiger charge is -2.26. The van der Waals surface area contributed by atoms with Gasteiger partial charge in [0.15, 0.2) is 0 Å². The van der Waals surface area contributed by atoms with E-state index >= 15 is 0 Å². The van der Waals surface area contributed by atoms with Gasteiger partial charge < -0.3 is 10.1 Å². The van der Waals surface area contributed by atoms with Gasteiger partial charge in [-0.15, -0.1) is 0 Å². The molecule has 0 saturated heterocycles. The zero-order valence-corrected chi connectivity index (χ0v) is 11.9. The highest BCUT2D eigenvalue weighted by Crippen LogP contribution is 2.31. The van der Waals surface area contributed by atoms with Crippen LogP contribution < -0.4 is 10.1 Å². The highest BCUT2D eigenvalue weighted by atomic mass is 16.5. The second kappa shape index (κ2) is 6.10. The molecule has 1 heterocycles. The van der Waals surface area contributed by atoms with Crippen LogP contribution in [0.15, 0.2) is 48.5 Å². The van der Waals surface area contributed by atoms with E-state index in [-0.39, 0.29) is 0 Å². The van der Waals surface area contributed by atoms with E-state index in [9.17, 15) is 0 Å². The topological polar surface area (TPSA) is 21.3 Å². The summed E-state index contributed by atoms with van der Waals surface area (Å²) in [5, 5.41) is 3.67. The molecule has 20 heavy (non-hydrogen) atoms. The van der Waals surface area contributed by atoms with Crippen molar-refractivity contribution in [2.45, 2.75) is 25.8 Å². The molecular formula is C18H21NO. The van der Waals surface area contributed by atoms with Crippen molar-refractivity contribution < 1.29 is 4.74 Å². The summed E-state index contributed by atoms with van der Waals surface area (Å²) in [4.78, 5) is 0. The lowest BCUT2D eigenvalue weighted by atomic mass is 10.00. The van der Waals surface area contributed by atoms with Crippen molar-refractivity contribution in [3.05, 3.63) is 65.2 Å². The maximum Gasteiger partial charge on any atom is 0.124 e. The molecule has 0 spiro atoms. The molecule has 0 bridgehead atoms. The van der Waals surface area contributed by atoms with Crippen LogP contribution in [0.2, 0.25) is 0 Å². The average molecular weight is 267 g/mol. The molecule has 0 radical (unpaired) electrons. The van der Waals surface area contributed by atoms with Crippen molar-refractivity contribution in [2.24, 2.45) is 0 Å². The molecule has 1 unspecified atom stereocenters. The number of benzene rings is 2. The second-order valence-corrected chi connectivity index (χ2v) is 5.36. The quantitative estimate of drug-likeness (QED) is 0.913. The van der Waals surface area contributed by atoms with Gasteiger partial charge in [-0.05, 0) is 37.1 Å². The van der Waals surface area contributed by atoms with Crippen LogP contribution in [-0.2, 0) is 6.42 Å². The third-order valence-corrected chi connectivity index (χ3v) is 4.00. The summed E-state index contributed by atoms with van der Waals surface area (Å²) in [5.74, 6) is 1.03. The molecule has 104 valence electrons. The van der Waals surface area contributed by atoms with Gasteiger partial charge in [0.1, 0.15) is 5.75 Å². The summed E-state index contributed by atoms with van der Waals surface area (Å²) in [6.45, 7) is 3.99. The maximum absolute atomic E-state index is 5.70. The minimum absolute atomic E-state index is 0.420. The van der Waals surface area contributed by atoms with E-state index in [4.69, 9.17) is 4.74 Å². The molecule has 2 aromatic carbocycles. The third kappa shape index (κ3) is 2.86. The molecule has 1 aliphatic rings. The lowest BCUT2D eigenvalue weighted by molar-refractivity contribution is 0.253. The minimum atomic E-state index is 0.420. The van der Waals surface area contributed by atoms with Crippen LogP contribution >= 0.6 is 0 Å². The Morgan fingerprint density at radius 3 is 2.80 bits per heavy atom. The number of fused-ring (bicyclic) bond motifs is 1. The Balaban J connectivity index is 1.61. The summed E-state index contributed by atoms with van der Waals surface area (Å²) in [7, 11) is 0. The summed E-state index contributed by atoms with van der Waals surface area (Å²) < 4.78 is 5.70. The normalized spacial score (nSPS) is 17.4. The van der Waals surface area contributed by atoms with E-state index in [1.54, 1.807) is 0 Å². The van der Waals surface area contributed by atoms with Gasteiger partial charge in [0.25, 0.3) is 0 Å². The van der Waals surface area contributed by atoms with Crippen LogP contribution in [0.1, 0.15) is 29.2 Å². The highest BCUT2D eigenvalue weighted by Gasteiger charge is 2.19. The van der Waals surface area contributed by atoms with Gasteiger partial charge in [-0.2, -0.15) is 0 Å². The predicted molar refractivity (Wildman–Crippen MR) is 82.2 cm³/mol. The lowest BCUT2D eigenvalue weighted by Crippen LogP contribution is -2.28. The van der Waals surface area contributed by atoms with Crippen LogP contribution in [0, 0.1) is 6.92 Å². The highest BCUT2D eigenvalue weighted by molar-refractivity contribution is 5.37. The van der Waals surface area contributed by atoms with Crippen LogP contribution in [0.4, 0.5) is 0 Å². The fraction of sp³-hybridized carbons (Fsp3) is 0.333. The summed E-state index contributed by atoms with van der Waals surface area (Å²) >= 11 is 0. The van der Waals surface area contributed by atoms with Crippen molar-refractivity contribution in [2.75, 3.05) is 13.2 Å². The molecule has 1 N–H and O–H groups in total. The maximum atomic E-state index is 5.70. The SMILES string of the molecule is Cc1ccccc1CCNC1CCOc2ccccc21. The molecule has 0 saturated carbocycles. The minimum Gasteiger partial charge on any atom is -0.493 e. The Bertz CT molecular complexity index is 579. The molecule has 2 nitrogen and oxygen atoms in total. The van der Waals surface area contributed by atoms with Crippen molar-refractivity contribution in [1.29, 1.82) is 0 Å². The standard InChI is InChI=1S/C18H21NO/c1-14-6-2-3-7-15(14)10-12-19-17-11-13-20-18-9-5-4-8-16(17)18/h2-9,17,19H,10-13H2,1H3. The Kier molecular flexibility index (Phi) is 4.03. The average Bonchev–Trinajstić information content (AvgIpc) is 2.49. The van der Waals surface area contributed by atoms with Crippen molar-refractivity contribution in [3.8, 4) is 5.75 Å². The third-order valence-electron chi connectivity index (χ3n) is 4.00. The van der Waals surface area contributed by atoms with Crippen molar-refractivity contribution >= 4 is 0 Å². The summed E-state index contributed by atoms with van der Waals surface area (Å²) in [6.07, 6.45) is 2.12. The number of aryl methyl sites for hydroxylation is 1. The first-order chi connectivity index (χ1) is 9.84. The fourth-order valence-corrected chi connectivity index (χ4v) is 2.83. The van der Waals surface area contributed by atoms with Gasteiger partial charge in [0, 0.05) is 18.0 Å². The molecule has 2 heteroatoms. The van der Waals surface area contributed by atoms with Crippen molar-refractivity contribution in [3.63, 3.8) is 0 Å². The monoisotopic (exact) mass is 267 g/mol. The number of ether oxygens (including phenoxy) is 1. The van der Waals surface area contributed by atoms with Gasteiger partial charge in [-0.3, -0.25) is 0 Å². The van der Waals surface area contributed by atoms with E-state index in [0.29, 0.717) is 6.04 Å². The van der Waals surface area contributed by atoms with Gasteiger partial charge >= 0.3 is 0 Å². The number of nitrogens with one attached hydrogen (secondary N) is 1. The molecule has 0 aromatic heterocycles. The van der Waals surface area contributed by atoms with Crippen LogP contribution in [-0.4, -0.2) is 13.2 Å². The van der Waals surface area contributed by atoms with E-state index in [1.165, 1.54) is 16.7 Å². The van der Waals surface area contributed by atoms with E-state index < -0.39 is 0 Å². The Labute approximate surface area is 120 Å². The molecule has 0 amide bonds. The molecular weight excluding hydrogens is 246 g/mol. The first-order valence-electron chi connectivity index (χ1n) is 7.34. The van der Waals surface area contributed by atoms with E-state index in [2.05, 4.69) is 54.7 Å². The van der Waals surface area contributed by atoms with Crippen LogP contribution in [0.3, 0.4) is 0 Å². The van der Waals surface area contributed by atoms with E-state index in [0.717, 1.165) is 31.7 Å². The molecule has 0 aliphatic carbocycles. The van der Waals surface area contributed by atoms with Gasteiger partial charge in [-0.1, -0.05) is 42.5 Å². The van der Waals surface area contributed by atoms with E-state index in [1.807, 2.05) is 6.07 Å². The van der Waals surface area contributed by atoms with Crippen LogP contribution in [0.25, 0.3) is 0 Å². The predicted octanol–water partition coefficient (Wildman–Crippen LogP) is 3.65. The first kappa shape index (κ1) is 13.2. The number of hydrogen-bond donors (Lipinski definition) is 1. The first-order valence-corrected chi connectivity index (χ1v) is 7.34. The number of hydrogen-bond acceptors (Lipinski definition) is 2. The van der Waals surface area contributed by atoms with Gasteiger partial charge in [0.05, 0.1) is 6.61 Å². The molecule has 1 aliphatic heterocycles. The Morgan fingerprint density at radius 2 is 1.90 bits per heavy atom. The largest absolute Gasteiger partial charge is 0.493 e. The Hall–Kier alpha value is -1.80. The zero-order chi connectivity index (χ0) is 13.8. The number of rotatable bonds is 4. The van der Waals surface area contributed by atoms with Crippen LogP contribution in [0.5, 0.6) is 5.75 Å². The number of para-hydroxylation sites is 1.